The zero-order valence-electron chi connectivity index (χ0n) is 15.2. The standard InChI is InChI=1S/C21H16FN3O4/c22-18-8-2-1-5-14(18)12-24-9-3-6-15(24)11-17-19(26)23-21(28)25(20(17)27)13-16-7-4-10-29-16/h1-11H,12-13H2,(H,23,26,28). The molecule has 0 unspecified atom stereocenters. The van der Waals surface area contributed by atoms with Gasteiger partial charge in [0.25, 0.3) is 11.8 Å². The van der Waals surface area contributed by atoms with E-state index in [-0.39, 0.29) is 24.5 Å². The number of amides is 4. The first kappa shape index (κ1) is 18.4. The largest absolute Gasteiger partial charge is 0.467 e. The van der Waals surface area contributed by atoms with Crippen molar-refractivity contribution in [2.45, 2.75) is 13.1 Å². The molecule has 2 aromatic heterocycles. The number of imide groups is 2. The summed E-state index contributed by atoms with van der Waals surface area (Å²) in [7, 11) is 0. The first-order valence-electron chi connectivity index (χ1n) is 8.83. The van der Waals surface area contributed by atoms with Gasteiger partial charge in [0.1, 0.15) is 17.2 Å². The van der Waals surface area contributed by atoms with Crippen LogP contribution in [0.25, 0.3) is 6.08 Å². The summed E-state index contributed by atoms with van der Waals surface area (Å²) in [5, 5.41) is 2.16. The molecule has 0 spiro atoms. The Morgan fingerprint density at radius 1 is 1.00 bits per heavy atom. The fourth-order valence-electron chi connectivity index (χ4n) is 3.06. The molecular weight excluding hydrogens is 377 g/mol. The molecule has 8 heteroatoms. The Hall–Kier alpha value is -3.94. The van der Waals surface area contributed by atoms with Gasteiger partial charge in [-0.15, -0.1) is 0 Å². The Morgan fingerprint density at radius 3 is 2.59 bits per heavy atom. The number of rotatable bonds is 5. The van der Waals surface area contributed by atoms with Crippen molar-refractivity contribution >= 4 is 23.9 Å². The maximum absolute atomic E-state index is 14.0. The third-order valence-corrected chi connectivity index (χ3v) is 4.54. The molecule has 0 bridgehead atoms. The number of halogens is 1. The summed E-state index contributed by atoms with van der Waals surface area (Å²) in [5.41, 5.74) is 0.807. The first-order chi connectivity index (χ1) is 14.0. The van der Waals surface area contributed by atoms with Crippen molar-refractivity contribution in [3.05, 3.63) is 89.4 Å². The maximum Gasteiger partial charge on any atom is 0.331 e. The van der Waals surface area contributed by atoms with Crippen molar-refractivity contribution in [2.75, 3.05) is 0 Å². The summed E-state index contributed by atoms with van der Waals surface area (Å²) in [6.45, 7) is 0.127. The van der Waals surface area contributed by atoms with E-state index in [4.69, 9.17) is 4.42 Å². The van der Waals surface area contributed by atoms with E-state index >= 15 is 0 Å². The van der Waals surface area contributed by atoms with Gasteiger partial charge < -0.3 is 8.98 Å². The summed E-state index contributed by atoms with van der Waals surface area (Å²) in [4.78, 5) is 38.1. The second kappa shape index (κ2) is 7.59. The Labute approximate surface area is 165 Å². The van der Waals surface area contributed by atoms with Gasteiger partial charge >= 0.3 is 6.03 Å². The van der Waals surface area contributed by atoms with Crippen LogP contribution >= 0.6 is 0 Å². The highest BCUT2D eigenvalue weighted by Crippen LogP contribution is 2.19. The van der Waals surface area contributed by atoms with E-state index in [2.05, 4.69) is 5.32 Å². The number of benzene rings is 1. The van der Waals surface area contributed by atoms with E-state index in [0.717, 1.165) is 4.90 Å². The van der Waals surface area contributed by atoms with Crippen LogP contribution in [-0.2, 0) is 22.7 Å². The van der Waals surface area contributed by atoms with Crippen LogP contribution in [0.1, 0.15) is 17.0 Å². The quantitative estimate of drug-likeness (QED) is 0.534. The fourth-order valence-corrected chi connectivity index (χ4v) is 3.06. The topological polar surface area (TPSA) is 84.6 Å². The zero-order chi connectivity index (χ0) is 20.4. The highest BCUT2D eigenvalue weighted by Gasteiger charge is 2.36. The van der Waals surface area contributed by atoms with Crippen LogP contribution < -0.4 is 5.32 Å². The number of hydrogen-bond acceptors (Lipinski definition) is 4. The molecule has 0 saturated carbocycles. The molecule has 4 rings (SSSR count). The lowest BCUT2D eigenvalue weighted by molar-refractivity contribution is -0.130. The predicted molar refractivity (Wildman–Crippen MR) is 101 cm³/mol. The minimum atomic E-state index is -0.810. The van der Waals surface area contributed by atoms with Gasteiger partial charge in [-0.1, -0.05) is 18.2 Å². The Kier molecular flexibility index (Phi) is 4.82. The molecule has 1 aliphatic heterocycles. The van der Waals surface area contributed by atoms with Crippen LogP contribution in [0, 0.1) is 5.82 Å². The minimum Gasteiger partial charge on any atom is -0.467 e. The first-order valence-corrected chi connectivity index (χ1v) is 8.83. The number of nitrogens with zero attached hydrogens (tertiary/aromatic N) is 2. The average molecular weight is 393 g/mol. The molecule has 7 nitrogen and oxygen atoms in total. The monoisotopic (exact) mass is 393 g/mol. The Morgan fingerprint density at radius 2 is 1.83 bits per heavy atom. The number of aromatic nitrogens is 1. The number of carbonyl (C=O) groups is 3. The van der Waals surface area contributed by atoms with Crippen molar-refractivity contribution in [1.82, 2.24) is 14.8 Å². The lowest BCUT2D eigenvalue weighted by atomic mass is 10.1. The lowest BCUT2D eigenvalue weighted by Gasteiger charge is -2.25. The van der Waals surface area contributed by atoms with E-state index < -0.39 is 17.8 Å². The average Bonchev–Trinajstić information content (AvgIpc) is 3.36. The third-order valence-electron chi connectivity index (χ3n) is 4.54. The van der Waals surface area contributed by atoms with E-state index in [0.29, 0.717) is 17.0 Å². The molecule has 1 saturated heterocycles. The lowest BCUT2D eigenvalue weighted by Crippen LogP contribution is -2.53. The van der Waals surface area contributed by atoms with E-state index in [1.807, 2.05) is 0 Å². The molecule has 0 radical (unpaired) electrons. The molecule has 146 valence electrons. The summed E-state index contributed by atoms with van der Waals surface area (Å²) in [5.74, 6) is -1.45. The number of urea groups is 1. The van der Waals surface area contributed by atoms with Gasteiger partial charge in [-0.05, 0) is 36.4 Å². The molecule has 3 heterocycles. The number of furan rings is 1. The van der Waals surface area contributed by atoms with Crippen LogP contribution in [-0.4, -0.2) is 27.3 Å². The summed E-state index contributed by atoms with van der Waals surface area (Å²) < 4.78 is 20.9. The van der Waals surface area contributed by atoms with Gasteiger partial charge in [-0.2, -0.15) is 0 Å². The fraction of sp³-hybridized carbons (Fsp3) is 0.0952. The minimum absolute atomic E-state index is 0.0987. The van der Waals surface area contributed by atoms with Gasteiger partial charge in [-0.3, -0.25) is 19.8 Å². The molecular formula is C21H16FN3O4. The second-order valence-corrected chi connectivity index (χ2v) is 6.44. The van der Waals surface area contributed by atoms with Crippen LogP contribution in [0.4, 0.5) is 9.18 Å². The molecule has 1 fully saturated rings. The highest BCUT2D eigenvalue weighted by molar-refractivity contribution is 6.30. The molecule has 29 heavy (non-hydrogen) atoms. The van der Waals surface area contributed by atoms with Gasteiger partial charge in [0, 0.05) is 17.5 Å². The van der Waals surface area contributed by atoms with Gasteiger partial charge in [-0.25, -0.2) is 9.18 Å². The van der Waals surface area contributed by atoms with Crippen molar-refractivity contribution in [2.24, 2.45) is 0 Å². The van der Waals surface area contributed by atoms with Gasteiger partial charge in [0.05, 0.1) is 19.4 Å². The van der Waals surface area contributed by atoms with E-state index in [1.165, 1.54) is 18.4 Å². The third kappa shape index (κ3) is 3.73. The van der Waals surface area contributed by atoms with Gasteiger partial charge in [0.15, 0.2) is 0 Å². The Bertz CT molecular complexity index is 1110. The highest BCUT2D eigenvalue weighted by atomic mass is 19.1. The van der Waals surface area contributed by atoms with Crippen molar-refractivity contribution < 1.29 is 23.2 Å². The number of nitrogens with one attached hydrogen (secondary N) is 1. The summed E-state index contributed by atoms with van der Waals surface area (Å²) in [6, 6.07) is 12.2. The van der Waals surface area contributed by atoms with Crippen molar-refractivity contribution in [3.63, 3.8) is 0 Å². The molecule has 4 amide bonds. The SMILES string of the molecule is O=C1NC(=O)N(Cc2ccco2)C(=O)C1=Cc1cccn1Cc1ccccc1F. The second-order valence-electron chi connectivity index (χ2n) is 6.44. The van der Waals surface area contributed by atoms with Crippen LogP contribution in [0.3, 0.4) is 0 Å². The molecule has 1 aromatic carbocycles. The maximum atomic E-state index is 14.0. The van der Waals surface area contributed by atoms with Crippen LogP contribution in [0.5, 0.6) is 0 Å². The predicted octanol–water partition coefficient (Wildman–Crippen LogP) is 2.93. The number of hydrogen-bond donors (Lipinski definition) is 1. The number of carbonyl (C=O) groups excluding carboxylic acids is 3. The van der Waals surface area contributed by atoms with Crippen LogP contribution in [0.15, 0.2) is 71.0 Å². The molecule has 1 aliphatic rings. The Balaban J connectivity index is 1.62. The van der Waals surface area contributed by atoms with Crippen molar-refractivity contribution in [3.8, 4) is 0 Å². The normalized spacial score (nSPS) is 15.8. The van der Waals surface area contributed by atoms with E-state index in [1.54, 1.807) is 53.2 Å². The molecule has 0 atom stereocenters. The van der Waals surface area contributed by atoms with Gasteiger partial charge in [0.2, 0.25) is 0 Å². The molecule has 3 aromatic rings. The molecule has 1 N–H and O–H groups in total. The molecule has 0 aliphatic carbocycles. The summed E-state index contributed by atoms with van der Waals surface area (Å²) in [6.07, 6.45) is 4.54. The smallest absolute Gasteiger partial charge is 0.331 e. The van der Waals surface area contributed by atoms with Crippen molar-refractivity contribution in [1.29, 1.82) is 0 Å². The summed E-state index contributed by atoms with van der Waals surface area (Å²) >= 11 is 0. The zero-order valence-corrected chi connectivity index (χ0v) is 15.2. The van der Waals surface area contributed by atoms with Crippen LogP contribution in [0.2, 0.25) is 0 Å². The number of barbiturate groups is 1. The van der Waals surface area contributed by atoms with E-state index in [9.17, 15) is 18.8 Å².